The van der Waals surface area contributed by atoms with Crippen LogP contribution in [0.5, 0.6) is 0 Å². The normalized spacial score (nSPS) is 19.9. The lowest BCUT2D eigenvalue weighted by atomic mass is 9.97. The minimum Gasteiger partial charge on any atom is -0.408 e. The van der Waals surface area contributed by atoms with E-state index in [4.69, 9.17) is 10.2 Å². The van der Waals surface area contributed by atoms with Gasteiger partial charge in [0.1, 0.15) is 0 Å². The number of nitrogens with one attached hydrogen (secondary N) is 1. The molecule has 1 aromatic rings. The first-order valence-electron chi connectivity index (χ1n) is 6.23. The Labute approximate surface area is 106 Å². The fourth-order valence-electron chi connectivity index (χ4n) is 2.17. The van der Waals surface area contributed by atoms with Crippen LogP contribution in [0, 0.1) is 5.92 Å². The monoisotopic (exact) mass is 253 g/mol. The SMILES string of the molecule is CNC(=O)C1CCCN(c2nnc(CCN)o2)C1. The van der Waals surface area contributed by atoms with Crippen LogP contribution in [0.4, 0.5) is 6.01 Å². The summed E-state index contributed by atoms with van der Waals surface area (Å²) in [5, 5.41) is 10.6. The summed E-state index contributed by atoms with van der Waals surface area (Å²) >= 11 is 0. The summed E-state index contributed by atoms with van der Waals surface area (Å²) in [6.07, 6.45) is 2.44. The molecule has 1 fully saturated rings. The summed E-state index contributed by atoms with van der Waals surface area (Å²) in [4.78, 5) is 13.6. The lowest BCUT2D eigenvalue weighted by molar-refractivity contribution is -0.124. The van der Waals surface area contributed by atoms with Gasteiger partial charge in [-0.15, -0.1) is 5.10 Å². The molecule has 2 heterocycles. The Morgan fingerprint density at radius 2 is 2.44 bits per heavy atom. The molecule has 1 saturated heterocycles. The molecule has 0 saturated carbocycles. The van der Waals surface area contributed by atoms with Crippen LogP contribution in [0.15, 0.2) is 4.42 Å². The molecule has 0 radical (unpaired) electrons. The molecule has 2 rings (SSSR count). The van der Waals surface area contributed by atoms with Crippen molar-refractivity contribution in [3.8, 4) is 0 Å². The first-order valence-corrected chi connectivity index (χ1v) is 6.23. The van der Waals surface area contributed by atoms with E-state index in [0.29, 0.717) is 31.4 Å². The lowest BCUT2D eigenvalue weighted by Gasteiger charge is -2.30. The summed E-state index contributed by atoms with van der Waals surface area (Å²) in [5.74, 6) is 0.615. The second kappa shape index (κ2) is 5.81. The van der Waals surface area contributed by atoms with E-state index in [9.17, 15) is 4.79 Å². The average molecular weight is 253 g/mol. The van der Waals surface area contributed by atoms with Crippen molar-refractivity contribution in [2.45, 2.75) is 19.3 Å². The molecule has 1 amide bonds. The summed E-state index contributed by atoms with van der Waals surface area (Å²) in [6.45, 7) is 1.96. The molecule has 0 bridgehead atoms. The van der Waals surface area contributed by atoms with Crippen LogP contribution >= 0.6 is 0 Å². The standard InChI is InChI=1S/C11H19N5O2/c1-13-10(17)8-3-2-6-16(7-8)11-15-14-9(18-11)4-5-12/h8H,2-7,12H2,1H3,(H,13,17). The smallest absolute Gasteiger partial charge is 0.318 e. The topological polar surface area (TPSA) is 97.3 Å². The molecule has 1 aliphatic rings. The quantitative estimate of drug-likeness (QED) is 0.753. The molecule has 1 aromatic heterocycles. The van der Waals surface area contributed by atoms with E-state index in [1.165, 1.54) is 0 Å². The predicted octanol–water partition coefficient (Wildman–Crippen LogP) is -0.467. The number of carbonyl (C=O) groups excluding carboxylic acids is 1. The molecule has 1 atom stereocenters. The number of anilines is 1. The summed E-state index contributed by atoms with van der Waals surface area (Å²) in [7, 11) is 1.66. The van der Waals surface area contributed by atoms with Gasteiger partial charge < -0.3 is 20.4 Å². The third-order valence-corrected chi connectivity index (χ3v) is 3.12. The number of rotatable bonds is 4. The van der Waals surface area contributed by atoms with Crippen LogP contribution in [0.1, 0.15) is 18.7 Å². The zero-order valence-electron chi connectivity index (χ0n) is 10.6. The highest BCUT2D eigenvalue weighted by atomic mass is 16.4. The number of hydrogen-bond donors (Lipinski definition) is 2. The van der Waals surface area contributed by atoms with Crippen molar-refractivity contribution in [2.75, 3.05) is 31.6 Å². The van der Waals surface area contributed by atoms with Crippen LogP contribution in [-0.2, 0) is 11.2 Å². The Hall–Kier alpha value is -1.63. The van der Waals surface area contributed by atoms with Crippen molar-refractivity contribution < 1.29 is 9.21 Å². The van der Waals surface area contributed by atoms with Crippen LogP contribution < -0.4 is 16.0 Å². The van der Waals surface area contributed by atoms with Gasteiger partial charge in [0.25, 0.3) is 0 Å². The first-order chi connectivity index (χ1) is 8.74. The molecule has 1 unspecified atom stereocenters. The summed E-state index contributed by atoms with van der Waals surface area (Å²) < 4.78 is 5.52. The van der Waals surface area contributed by atoms with Gasteiger partial charge in [-0.1, -0.05) is 5.10 Å². The Morgan fingerprint density at radius 1 is 1.61 bits per heavy atom. The molecular formula is C11H19N5O2. The van der Waals surface area contributed by atoms with E-state index in [2.05, 4.69) is 15.5 Å². The van der Waals surface area contributed by atoms with Crippen LogP contribution in [-0.4, -0.2) is 42.8 Å². The summed E-state index contributed by atoms with van der Waals surface area (Å²) in [5.41, 5.74) is 5.43. The molecule has 0 aromatic carbocycles. The molecule has 1 aliphatic heterocycles. The van der Waals surface area contributed by atoms with Gasteiger partial charge in [-0.2, -0.15) is 0 Å². The second-order valence-corrected chi connectivity index (χ2v) is 4.42. The minimum atomic E-state index is -0.00592. The van der Waals surface area contributed by atoms with E-state index >= 15 is 0 Å². The molecule has 7 nitrogen and oxygen atoms in total. The van der Waals surface area contributed by atoms with Crippen molar-refractivity contribution in [1.82, 2.24) is 15.5 Å². The molecule has 0 spiro atoms. The Morgan fingerprint density at radius 3 is 3.17 bits per heavy atom. The third kappa shape index (κ3) is 2.79. The van der Waals surface area contributed by atoms with Gasteiger partial charge in [-0.25, -0.2) is 0 Å². The number of carbonyl (C=O) groups is 1. The van der Waals surface area contributed by atoms with Gasteiger partial charge in [0.2, 0.25) is 11.8 Å². The molecule has 3 N–H and O–H groups in total. The number of piperidine rings is 1. The highest BCUT2D eigenvalue weighted by Gasteiger charge is 2.27. The molecule has 100 valence electrons. The fourth-order valence-corrected chi connectivity index (χ4v) is 2.17. The summed E-state index contributed by atoms with van der Waals surface area (Å²) in [6, 6.07) is 0.493. The molecule has 18 heavy (non-hydrogen) atoms. The van der Waals surface area contributed by atoms with Gasteiger partial charge in [-0.05, 0) is 12.8 Å². The maximum atomic E-state index is 11.6. The number of nitrogens with zero attached hydrogens (tertiary/aromatic N) is 3. The third-order valence-electron chi connectivity index (χ3n) is 3.12. The maximum absolute atomic E-state index is 11.6. The zero-order valence-corrected chi connectivity index (χ0v) is 10.6. The number of aromatic nitrogens is 2. The second-order valence-electron chi connectivity index (χ2n) is 4.42. The molecular weight excluding hydrogens is 234 g/mol. The van der Waals surface area contributed by atoms with Crippen molar-refractivity contribution in [3.05, 3.63) is 5.89 Å². The lowest BCUT2D eigenvalue weighted by Crippen LogP contribution is -2.42. The van der Waals surface area contributed by atoms with Crippen molar-refractivity contribution >= 4 is 11.9 Å². The van der Waals surface area contributed by atoms with Crippen LogP contribution in [0.25, 0.3) is 0 Å². The van der Waals surface area contributed by atoms with Crippen LogP contribution in [0.2, 0.25) is 0 Å². The minimum absolute atomic E-state index is 0.00592. The molecule has 7 heteroatoms. The van der Waals surface area contributed by atoms with E-state index in [-0.39, 0.29) is 11.8 Å². The fraction of sp³-hybridized carbons (Fsp3) is 0.727. The zero-order chi connectivity index (χ0) is 13.0. The van der Waals surface area contributed by atoms with Gasteiger partial charge in [0, 0.05) is 33.1 Å². The number of nitrogens with two attached hydrogens (primary N) is 1. The number of hydrogen-bond acceptors (Lipinski definition) is 6. The van der Waals surface area contributed by atoms with Crippen molar-refractivity contribution in [2.24, 2.45) is 11.7 Å². The number of amides is 1. The van der Waals surface area contributed by atoms with E-state index in [1.807, 2.05) is 4.90 Å². The Bertz CT molecular complexity index is 406. The van der Waals surface area contributed by atoms with E-state index < -0.39 is 0 Å². The predicted molar refractivity (Wildman–Crippen MR) is 66.1 cm³/mol. The van der Waals surface area contributed by atoms with Gasteiger partial charge in [0.05, 0.1) is 5.92 Å². The largest absolute Gasteiger partial charge is 0.408 e. The highest BCUT2D eigenvalue weighted by molar-refractivity contribution is 5.79. The van der Waals surface area contributed by atoms with Crippen LogP contribution in [0.3, 0.4) is 0 Å². The van der Waals surface area contributed by atoms with Gasteiger partial charge >= 0.3 is 6.01 Å². The molecule has 0 aliphatic carbocycles. The average Bonchev–Trinajstić information content (AvgIpc) is 2.87. The Balaban J connectivity index is 2.01. The first kappa shape index (κ1) is 12.8. The van der Waals surface area contributed by atoms with E-state index in [1.54, 1.807) is 7.05 Å². The van der Waals surface area contributed by atoms with Gasteiger partial charge in [-0.3, -0.25) is 4.79 Å². The van der Waals surface area contributed by atoms with Gasteiger partial charge in [0.15, 0.2) is 0 Å². The highest BCUT2D eigenvalue weighted by Crippen LogP contribution is 2.22. The van der Waals surface area contributed by atoms with Crippen molar-refractivity contribution in [3.63, 3.8) is 0 Å². The van der Waals surface area contributed by atoms with Crippen molar-refractivity contribution in [1.29, 1.82) is 0 Å². The maximum Gasteiger partial charge on any atom is 0.318 e. The Kier molecular flexibility index (Phi) is 4.14. The van der Waals surface area contributed by atoms with E-state index in [0.717, 1.165) is 19.4 Å².